The van der Waals surface area contributed by atoms with Crippen LogP contribution in [0.5, 0.6) is 0 Å². The smallest absolute Gasteiger partial charge is 0.255 e. The van der Waals surface area contributed by atoms with E-state index in [1.54, 1.807) is 31.5 Å². The number of nitrogens with one attached hydrogen (secondary N) is 1. The number of fused-ring (bicyclic) bond motifs is 1. The second-order valence-electron chi connectivity index (χ2n) is 5.80. The van der Waals surface area contributed by atoms with Crippen molar-refractivity contribution in [3.63, 3.8) is 0 Å². The molecule has 3 amide bonds. The van der Waals surface area contributed by atoms with Gasteiger partial charge in [0.25, 0.3) is 5.91 Å². The fraction of sp³-hybridized carbons (Fsp3) is 0.294. The maximum absolute atomic E-state index is 12.6. The van der Waals surface area contributed by atoms with Crippen LogP contribution < -0.4 is 11.1 Å². The van der Waals surface area contributed by atoms with Gasteiger partial charge in [0, 0.05) is 37.5 Å². The van der Waals surface area contributed by atoms with Gasteiger partial charge in [0.05, 0.1) is 0 Å². The zero-order valence-electron chi connectivity index (χ0n) is 13.3. The van der Waals surface area contributed by atoms with Crippen LogP contribution in [0.4, 0.5) is 0 Å². The topological polar surface area (TPSA) is 105 Å². The second kappa shape index (κ2) is 6.27. The number of hydrogen-bond donors (Lipinski definition) is 2. The third kappa shape index (κ3) is 2.80. The number of carbonyl (C=O) groups is 3. The lowest BCUT2D eigenvalue weighted by Crippen LogP contribution is -2.52. The molecule has 124 valence electrons. The third-order valence-corrected chi connectivity index (χ3v) is 4.26. The van der Waals surface area contributed by atoms with E-state index in [-0.39, 0.29) is 18.2 Å². The Morgan fingerprint density at radius 1 is 1.38 bits per heavy atom. The lowest BCUT2D eigenvalue weighted by atomic mass is 10.0. The van der Waals surface area contributed by atoms with Gasteiger partial charge in [-0.3, -0.25) is 24.7 Å². The lowest BCUT2D eigenvalue weighted by molar-refractivity contribution is -0.136. The largest absolute Gasteiger partial charge is 0.398 e. The monoisotopic (exact) mass is 326 g/mol. The zero-order valence-corrected chi connectivity index (χ0v) is 13.3. The van der Waals surface area contributed by atoms with Crippen molar-refractivity contribution in [2.75, 3.05) is 7.05 Å². The normalized spacial score (nSPS) is 21.4. The van der Waals surface area contributed by atoms with E-state index >= 15 is 0 Å². The lowest BCUT2D eigenvalue weighted by Gasteiger charge is -2.29. The first kappa shape index (κ1) is 15.9. The highest BCUT2D eigenvalue weighted by atomic mass is 16.2. The van der Waals surface area contributed by atoms with E-state index in [0.717, 1.165) is 11.1 Å². The van der Waals surface area contributed by atoms with Crippen molar-refractivity contribution in [1.29, 1.82) is 0 Å². The van der Waals surface area contributed by atoms with Crippen LogP contribution in [-0.2, 0) is 16.1 Å². The van der Waals surface area contributed by atoms with Crippen molar-refractivity contribution < 1.29 is 14.4 Å². The van der Waals surface area contributed by atoms with Crippen molar-refractivity contribution in [1.82, 2.24) is 10.2 Å². The second-order valence-corrected chi connectivity index (χ2v) is 5.80. The summed E-state index contributed by atoms with van der Waals surface area (Å²) in [5.74, 6) is -0.895. The average molecular weight is 326 g/mol. The van der Waals surface area contributed by atoms with Gasteiger partial charge in [-0.15, -0.1) is 0 Å². The Morgan fingerprint density at radius 2 is 2.17 bits per heavy atom. The van der Waals surface area contributed by atoms with Crippen molar-refractivity contribution in [2.45, 2.75) is 25.4 Å². The molecule has 1 saturated heterocycles. The molecule has 3 rings (SSSR count). The molecule has 24 heavy (non-hydrogen) atoms. The van der Waals surface area contributed by atoms with Gasteiger partial charge in [-0.05, 0) is 35.8 Å². The number of piperidine rings is 1. The number of amides is 3. The Labute approximate surface area is 139 Å². The fourth-order valence-electron chi connectivity index (χ4n) is 3.01. The van der Waals surface area contributed by atoms with Crippen LogP contribution in [-0.4, -0.2) is 41.9 Å². The highest BCUT2D eigenvalue weighted by molar-refractivity contribution is 6.05. The number of nitrogens with zero attached hydrogens (tertiary/aromatic N) is 2. The van der Waals surface area contributed by atoms with Crippen molar-refractivity contribution >= 4 is 29.6 Å². The SMILES string of the molecule is CN=C/C=C(\N)c1ccc2c(c1)CN(C1CCC(=O)NC1=O)C2=O. The summed E-state index contributed by atoms with van der Waals surface area (Å²) in [5, 5.41) is 2.29. The first-order valence-electron chi connectivity index (χ1n) is 7.67. The molecule has 2 aliphatic rings. The van der Waals surface area contributed by atoms with Gasteiger partial charge in [0.1, 0.15) is 6.04 Å². The van der Waals surface area contributed by atoms with Crippen LogP contribution in [0.1, 0.15) is 34.3 Å². The molecule has 3 N–H and O–H groups in total. The summed E-state index contributed by atoms with van der Waals surface area (Å²) in [4.78, 5) is 41.2. The van der Waals surface area contributed by atoms with Crippen LogP contribution in [0.3, 0.4) is 0 Å². The van der Waals surface area contributed by atoms with E-state index in [0.29, 0.717) is 24.2 Å². The quantitative estimate of drug-likeness (QED) is 0.621. The first-order chi connectivity index (χ1) is 11.5. The molecule has 2 heterocycles. The predicted molar refractivity (Wildman–Crippen MR) is 89.1 cm³/mol. The molecule has 7 nitrogen and oxygen atoms in total. The number of benzene rings is 1. The molecule has 1 atom stereocenters. The predicted octanol–water partition coefficient (Wildman–Crippen LogP) is 0.448. The van der Waals surface area contributed by atoms with Gasteiger partial charge in [-0.2, -0.15) is 0 Å². The van der Waals surface area contributed by atoms with E-state index < -0.39 is 11.9 Å². The van der Waals surface area contributed by atoms with Crippen LogP contribution in [0.25, 0.3) is 5.70 Å². The maximum Gasteiger partial charge on any atom is 0.255 e. The molecule has 0 bridgehead atoms. The van der Waals surface area contributed by atoms with Gasteiger partial charge in [-0.1, -0.05) is 6.07 Å². The standard InChI is InChI=1S/C17H18N4O3/c1-19-7-6-13(18)10-2-3-12-11(8-10)9-21(17(12)24)14-4-5-15(22)20-16(14)23/h2-3,6-8,14H,4-5,9,18H2,1H3,(H,20,22,23)/b13-6-,19-7?. The van der Waals surface area contributed by atoms with Crippen molar-refractivity contribution in [3.8, 4) is 0 Å². The molecule has 7 heteroatoms. The molecule has 0 spiro atoms. The van der Waals surface area contributed by atoms with Crippen LogP contribution in [0, 0.1) is 0 Å². The molecular formula is C17H18N4O3. The molecule has 0 aliphatic carbocycles. The summed E-state index contributed by atoms with van der Waals surface area (Å²) in [6.45, 7) is 0.337. The van der Waals surface area contributed by atoms with E-state index in [2.05, 4.69) is 10.3 Å². The summed E-state index contributed by atoms with van der Waals surface area (Å²) in [6, 6.07) is 4.75. The Hall–Kier alpha value is -2.96. The zero-order chi connectivity index (χ0) is 17.3. The Balaban J connectivity index is 1.85. The summed E-state index contributed by atoms with van der Waals surface area (Å²) >= 11 is 0. The number of nitrogens with two attached hydrogens (primary N) is 1. The highest BCUT2D eigenvalue weighted by Gasteiger charge is 2.39. The minimum absolute atomic E-state index is 0.191. The molecule has 1 unspecified atom stereocenters. The molecule has 1 fully saturated rings. The summed E-state index contributed by atoms with van der Waals surface area (Å²) < 4.78 is 0. The fourth-order valence-corrected chi connectivity index (χ4v) is 3.01. The maximum atomic E-state index is 12.6. The van der Waals surface area contributed by atoms with E-state index in [1.165, 1.54) is 4.90 Å². The van der Waals surface area contributed by atoms with Gasteiger partial charge < -0.3 is 10.6 Å². The molecule has 0 saturated carbocycles. The summed E-state index contributed by atoms with van der Waals surface area (Å²) in [5.41, 5.74) is 8.74. The van der Waals surface area contributed by atoms with Crippen molar-refractivity contribution in [2.24, 2.45) is 10.7 Å². The molecule has 2 aliphatic heterocycles. The minimum Gasteiger partial charge on any atom is -0.398 e. The van der Waals surface area contributed by atoms with E-state index in [4.69, 9.17) is 5.73 Å². The summed E-state index contributed by atoms with van der Waals surface area (Å²) in [7, 11) is 1.66. The number of imide groups is 1. The Kier molecular flexibility index (Phi) is 4.16. The van der Waals surface area contributed by atoms with Gasteiger partial charge >= 0.3 is 0 Å². The van der Waals surface area contributed by atoms with E-state index in [9.17, 15) is 14.4 Å². The van der Waals surface area contributed by atoms with Gasteiger partial charge in [0.2, 0.25) is 11.8 Å². The highest BCUT2D eigenvalue weighted by Crippen LogP contribution is 2.29. The number of allylic oxidation sites excluding steroid dienone is 1. The third-order valence-electron chi connectivity index (χ3n) is 4.26. The number of aliphatic imine (C=N–C) groups is 1. The van der Waals surface area contributed by atoms with Crippen molar-refractivity contribution in [3.05, 3.63) is 41.0 Å². The number of carbonyl (C=O) groups excluding carboxylic acids is 3. The van der Waals surface area contributed by atoms with Gasteiger partial charge in [-0.25, -0.2) is 0 Å². The van der Waals surface area contributed by atoms with Gasteiger partial charge in [0.15, 0.2) is 0 Å². The molecule has 0 aromatic heterocycles. The molecule has 1 aromatic carbocycles. The summed E-state index contributed by atoms with van der Waals surface area (Å²) in [6.07, 6.45) is 3.89. The Morgan fingerprint density at radius 3 is 2.88 bits per heavy atom. The number of hydrogen-bond acceptors (Lipinski definition) is 5. The van der Waals surface area contributed by atoms with Crippen LogP contribution in [0.15, 0.2) is 29.3 Å². The molecular weight excluding hydrogens is 308 g/mol. The minimum atomic E-state index is -0.605. The molecule has 0 radical (unpaired) electrons. The van der Waals surface area contributed by atoms with Crippen LogP contribution >= 0.6 is 0 Å². The Bertz CT molecular complexity index is 782. The first-order valence-corrected chi connectivity index (χ1v) is 7.67. The number of rotatable bonds is 3. The average Bonchev–Trinajstić information content (AvgIpc) is 2.89. The van der Waals surface area contributed by atoms with E-state index in [1.807, 2.05) is 6.07 Å². The molecule has 1 aromatic rings. The van der Waals surface area contributed by atoms with Crippen LogP contribution in [0.2, 0.25) is 0 Å².